The van der Waals surface area contributed by atoms with Crippen LogP contribution in [0.5, 0.6) is 0 Å². The van der Waals surface area contributed by atoms with Crippen molar-refractivity contribution >= 4 is 0 Å². The quantitative estimate of drug-likeness (QED) is 0.725. The zero-order valence-electron chi connectivity index (χ0n) is 12.2. The molecule has 0 fully saturated rings. The van der Waals surface area contributed by atoms with Gasteiger partial charge in [-0.3, -0.25) is 0 Å². The summed E-state index contributed by atoms with van der Waals surface area (Å²) in [5.41, 5.74) is 4.19. The van der Waals surface area contributed by atoms with Crippen molar-refractivity contribution in [3.63, 3.8) is 0 Å². The number of aryl methyl sites for hydroxylation is 2. The summed E-state index contributed by atoms with van der Waals surface area (Å²) >= 11 is 0. The molecule has 0 spiro atoms. The van der Waals surface area contributed by atoms with E-state index in [4.69, 9.17) is 0 Å². The number of nitrogens with zero attached hydrogens (tertiary/aromatic N) is 4. The third kappa shape index (κ3) is 2.47. The van der Waals surface area contributed by atoms with E-state index in [1.807, 2.05) is 38.1 Å². The van der Waals surface area contributed by atoms with Gasteiger partial charge in [0.15, 0.2) is 5.69 Å². The van der Waals surface area contributed by atoms with Gasteiger partial charge < -0.3 is 0 Å². The Morgan fingerprint density at radius 1 is 1.09 bits per heavy atom. The highest BCUT2D eigenvalue weighted by molar-refractivity contribution is 5.67. The van der Waals surface area contributed by atoms with Crippen molar-refractivity contribution in [2.45, 2.75) is 13.8 Å². The van der Waals surface area contributed by atoms with Crippen LogP contribution in [-0.4, -0.2) is 15.0 Å². The fourth-order valence-corrected chi connectivity index (χ4v) is 2.51. The summed E-state index contributed by atoms with van der Waals surface area (Å²) in [4.78, 5) is 0. The van der Waals surface area contributed by atoms with Crippen molar-refractivity contribution in [1.29, 1.82) is 5.26 Å². The van der Waals surface area contributed by atoms with Gasteiger partial charge in [0.2, 0.25) is 0 Å². The lowest BCUT2D eigenvalue weighted by Crippen LogP contribution is -2.01. The molecule has 0 aliphatic carbocycles. The fraction of sp³-hybridized carbons (Fsp3) is 0.118. The number of nitriles is 1. The Kier molecular flexibility index (Phi) is 3.43. The van der Waals surface area contributed by atoms with Gasteiger partial charge in [-0.25, -0.2) is 9.07 Å². The monoisotopic (exact) mass is 292 g/mol. The Labute approximate surface area is 127 Å². The number of rotatable bonds is 2. The highest BCUT2D eigenvalue weighted by Crippen LogP contribution is 2.26. The molecule has 0 bridgehead atoms. The third-order valence-electron chi connectivity index (χ3n) is 3.33. The molecule has 0 radical (unpaired) electrons. The summed E-state index contributed by atoms with van der Waals surface area (Å²) in [6, 6.07) is 14.0. The van der Waals surface area contributed by atoms with Crippen molar-refractivity contribution in [2.75, 3.05) is 0 Å². The SMILES string of the molecule is Cc1cc(C)cc(-n2nnc(C#N)c2-c2cccc(F)c2)c1. The molecule has 0 aliphatic heterocycles. The summed E-state index contributed by atoms with van der Waals surface area (Å²) in [7, 11) is 0. The van der Waals surface area contributed by atoms with Gasteiger partial charge in [-0.05, 0) is 49.2 Å². The molecule has 5 heteroatoms. The summed E-state index contributed by atoms with van der Waals surface area (Å²) in [6.45, 7) is 3.97. The van der Waals surface area contributed by atoms with E-state index in [0.717, 1.165) is 16.8 Å². The van der Waals surface area contributed by atoms with E-state index in [1.54, 1.807) is 16.8 Å². The average Bonchev–Trinajstić information content (AvgIpc) is 2.90. The van der Waals surface area contributed by atoms with E-state index in [0.29, 0.717) is 11.3 Å². The second kappa shape index (κ2) is 5.41. The molecule has 0 N–H and O–H groups in total. The summed E-state index contributed by atoms with van der Waals surface area (Å²) in [5, 5.41) is 17.2. The molecule has 1 heterocycles. The predicted octanol–water partition coefficient (Wildman–Crippen LogP) is 3.56. The second-order valence-corrected chi connectivity index (χ2v) is 5.17. The summed E-state index contributed by atoms with van der Waals surface area (Å²) in [5.74, 6) is -0.366. The highest BCUT2D eigenvalue weighted by atomic mass is 19.1. The minimum Gasteiger partial charge on any atom is -0.211 e. The van der Waals surface area contributed by atoms with E-state index in [2.05, 4.69) is 10.3 Å². The van der Waals surface area contributed by atoms with Crippen molar-refractivity contribution in [3.8, 4) is 23.0 Å². The molecule has 108 valence electrons. The van der Waals surface area contributed by atoms with Crippen molar-refractivity contribution < 1.29 is 4.39 Å². The lowest BCUT2D eigenvalue weighted by atomic mass is 10.1. The highest BCUT2D eigenvalue weighted by Gasteiger charge is 2.17. The van der Waals surface area contributed by atoms with Gasteiger partial charge in [0, 0.05) is 5.56 Å². The lowest BCUT2D eigenvalue weighted by Gasteiger charge is -2.09. The van der Waals surface area contributed by atoms with Crippen LogP contribution in [0.15, 0.2) is 42.5 Å². The molecule has 1 aromatic heterocycles. The van der Waals surface area contributed by atoms with E-state index >= 15 is 0 Å². The van der Waals surface area contributed by atoms with Gasteiger partial charge in [0.25, 0.3) is 0 Å². The van der Waals surface area contributed by atoms with Crippen LogP contribution >= 0.6 is 0 Å². The Balaban J connectivity index is 2.26. The maximum atomic E-state index is 13.5. The van der Waals surface area contributed by atoms with Crippen molar-refractivity contribution in [2.24, 2.45) is 0 Å². The number of hydrogen-bond acceptors (Lipinski definition) is 3. The molecular weight excluding hydrogens is 279 g/mol. The zero-order valence-corrected chi connectivity index (χ0v) is 12.2. The minimum absolute atomic E-state index is 0.171. The molecule has 0 unspecified atom stereocenters. The van der Waals surface area contributed by atoms with Crippen LogP contribution < -0.4 is 0 Å². The average molecular weight is 292 g/mol. The molecular formula is C17H13FN4. The number of halogens is 1. The summed E-state index contributed by atoms with van der Waals surface area (Å²) in [6.07, 6.45) is 0. The lowest BCUT2D eigenvalue weighted by molar-refractivity contribution is 0.628. The third-order valence-corrected chi connectivity index (χ3v) is 3.33. The molecule has 0 aliphatic rings. The molecule has 3 rings (SSSR count). The van der Waals surface area contributed by atoms with Crippen molar-refractivity contribution in [1.82, 2.24) is 15.0 Å². The first-order valence-electron chi connectivity index (χ1n) is 6.79. The maximum Gasteiger partial charge on any atom is 0.191 e. The van der Waals surface area contributed by atoms with E-state index in [-0.39, 0.29) is 11.5 Å². The predicted molar refractivity (Wildman–Crippen MR) is 80.9 cm³/mol. The van der Waals surface area contributed by atoms with Gasteiger partial charge in [-0.15, -0.1) is 5.10 Å². The first-order chi connectivity index (χ1) is 10.6. The fourth-order valence-electron chi connectivity index (χ4n) is 2.51. The minimum atomic E-state index is -0.366. The van der Waals surface area contributed by atoms with Gasteiger partial charge in [-0.2, -0.15) is 5.26 Å². The number of benzene rings is 2. The van der Waals surface area contributed by atoms with Gasteiger partial charge in [-0.1, -0.05) is 23.4 Å². The van der Waals surface area contributed by atoms with E-state index in [1.165, 1.54) is 12.1 Å². The molecule has 3 aromatic rings. The normalized spacial score (nSPS) is 10.5. The van der Waals surface area contributed by atoms with E-state index < -0.39 is 0 Å². The van der Waals surface area contributed by atoms with Crippen LogP contribution in [0.2, 0.25) is 0 Å². The molecule has 0 amide bonds. The summed E-state index contributed by atoms with van der Waals surface area (Å²) < 4.78 is 15.1. The smallest absolute Gasteiger partial charge is 0.191 e. The standard InChI is InChI=1S/C17H13FN4/c1-11-6-12(2)8-15(7-11)22-17(16(10-19)20-21-22)13-4-3-5-14(18)9-13/h3-9H,1-2H3. The largest absolute Gasteiger partial charge is 0.211 e. The maximum absolute atomic E-state index is 13.5. The Morgan fingerprint density at radius 2 is 1.82 bits per heavy atom. The topological polar surface area (TPSA) is 54.5 Å². The van der Waals surface area contributed by atoms with Gasteiger partial charge >= 0.3 is 0 Å². The van der Waals surface area contributed by atoms with Crippen molar-refractivity contribution in [3.05, 3.63) is 65.1 Å². The van der Waals surface area contributed by atoms with Gasteiger partial charge in [0.1, 0.15) is 17.6 Å². The van der Waals surface area contributed by atoms with Crippen LogP contribution in [0.1, 0.15) is 16.8 Å². The van der Waals surface area contributed by atoms with Crippen LogP contribution in [0.25, 0.3) is 16.9 Å². The number of hydrogen-bond donors (Lipinski definition) is 0. The molecule has 22 heavy (non-hydrogen) atoms. The number of aromatic nitrogens is 3. The molecule has 4 nitrogen and oxygen atoms in total. The van der Waals surface area contributed by atoms with Crippen LogP contribution in [0.3, 0.4) is 0 Å². The Morgan fingerprint density at radius 3 is 2.45 bits per heavy atom. The van der Waals surface area contributed by atoms with E-state index in [9.17, 15) is 9.65 Å². The zero-order chi connectivity index (χ0) is 15.7. The Bertz CT molecular complexity index is 870. The molecule has 0 saturated heterocycles. The first-order valence-corrected chi connectivity index (χ1v) is 6.79. The molecule has 0 saturated carbocycles. The second-order valence-electron chi connectivity index (χ2n) is 5.17. The first kappa shape index (κ1) is 14.0. The van der Waals surface area contributed by atoms with Gasteiger partial charge in [0.05, 0.1) is 5.69 Å². The van der Waals surface area contributed by atoms with Crippen LogP contribution in [0, 0.1) is 31.0 Å². The van der Waals surface area contributed by atoms with Crippen LogP contribution in [-0.2, 0) is 0 Å². The molecule has 2 aromatic carbocycles. The van der Waals surface area contributed by atoms with Crippen LogP contribution in [0.4, 0.5) is 4.39 Å². The Hall–Kier alpha value is -3.00. The molecule has 0 atom stereocenters.